The van der Waals surface area contributed by atoms with Crippen LogP contribution < -0.4 is 5.32 Å². The summed E-state index contributed by atoms with van der Waals surface area (Å²) in [6.07, 6.45) is 22.4. The summed E-state index contributed by atoms with van der Waals surface area (Å²) in [5.41, 5.74) is -0.335. The van der Waals surface area contributed by atoms with Crippen LogP contribution in [-0.2, 0) is 31.6 Å². The van der Waals surface area contributed by atoms with Crippen LogP contribution in [0.1, 0.15) is 39.5 Å². The van der Waals surface area contributed by atoms with Crippen molar-refractivity contribution in [3.8, 4) is 0 Å². The average molecular weight is 399 g/mol. The molecule has 0 aromatic heterocycles. The zero-order valence-corrected chi connectivity index (χ0v) is 16.7. The number of hydrogen-bond donors (Lipinski definition) is 1. The molecule has 142 valence electrons. The first-order chi connectivity index (χ1) is 12.1. The van der Waals surface area contributed by atoms with Gasteiger partial charge >= 0.3 is 17.1 Å². The van der Waals surface area contributed by atoms with E-state index < -0.39 is 5.79 Å². The van der Waals surface area contributed by atoms with Gasteiger partial charge in [0.05, 0.1) is 6.61 Å². The van der Waals surface area contributed by atoms with Gasteiger partial charge in [-0.15, -0.1) is 0 Å². The summed E-state index contributed by atoms with van der Waals surface area (Å²) in [4.78, 5) is 11.0. The first kappa shape index (κ1) is 22.6. The van der Waals surface area contributed by atoms with Crippen LogP contribution in [-0.4, -0.2) is 30.6 Å². The van der Waals surface area contributed by atoms with E-state index in [0.29, 0.717) is 12.6 Å². The fraction of sp³-hybridized carbons (Fsp3) is 0.524. The van der Waals surface area contributed by atoms with Crippen LogP contribution in [0.5, 0.6) is 0 Å². The molecule has 4 aliphatic rings. The van der Waals surface area contributed by atoms with Crippen molar-refractivity contribution in [2.75, 3.05) is 13.2 Å². The zero-order valence-electron chi connectivity index (χ0n) is 15.6. The van der Waals surface area contributed by atoms with E-state index >= 15 is 0 Å². The second kappa shape index (κ2) is 10.8. The third kappa shape index (κ3) is 7.07. The molecule has 10 radical (unpaired) electrons. The van der Waals surface area contributed by atoms with Crippen molar-refractivity contribution in [2.24, 2.45) is 0 Å². The first-order valence-electron chi connectivity index (χ1n) is 9.18. The summed E-state index contributed by atoms with van der Waals surface area (Å²) in [6.45, 7) is 5.49. The summed E-state index contributed by atoms with van der Waals surface area (Å²) in [6, 6.07) is 0.540. The fourth-order valence-electron chi connectivity index (χ4n) is 3.15. The van der Waals surface area contributed by atoms with E-state index in [1.54, 1.807) is 0 Å². The van der Waals surface area contributed by atoms with E-state index in [1.165, 1.54) is 5.92 Å². The minimum Gasteiger partial charge on any atom is -0.344 e. The third-order valence-electron chi connectivity index (χ3n) is 4.73. The molecule has 0 atom stereocenters. The molecule has 0 bridgehead atoms. The van der Waals surface area contributed by atoms with Crippen LogP contribution in [0.15, 0.2) is 0 Å². The van der Waals surface area contributed by atoms with Crippen molar-refractivity contribution in [1.29, 1.82) is 0 Å². The smallest absolute Gasteiger partial charge is 0.344 e. The maximum Gasteiger partial charge on any atom is 2.00 e. The fourth-order valence-corrected chi connectivity index (χ4v) is 3.15. The van der Waals surface area contributed by atoms with Crippen molar-refractivity contribution in [2.45, 2.75) is 57.0 Å². The van der Waals surface area contributed by atoms with Crippen molar-refractivity contribution < 1.29 is 31.6 Å². The predicted molar refractivity (Wildman–Crippen MR) is 97.1 cm³/mol. The Hall–Kier alpha value is 0.359. The molecule has 3 aliphatic carbocycles. The second-order valence-electron chi connectivity index (χ2n) is 7.54. The molecular formula is C21H29FeNO3+2. The average Bonchev–Trinajstić information content (AvgIpc) is 3.34. The molecule has 3 saturated carbocycles. The van der Waals surface area contributed by atoms with Gasteiger partial charge < -0.3 is 10.1 Å². The topological polar surface area (TPSA) is 39.7 Å². The van der Waals surface area contributed by atoms with Gasteiger partial charge in [0, 0.05) is 25.4 Å². The summed E-state index contributed by atoms with van der Waals surface area (Å²) >= 11 is 0. The minimum absolute atomic E-state index is 0. The van der Waals surface area contributed by atoms with Gasteiger partial charge in [-0.25, -0.2) is 9.78 Å². The number of nitrogens with one attached hydrogen (secondary N) is 1. The molecule has 0 aromatic rings. The van der Waals surface area contributed by atoms with Crippen LogP contribution in [0.4, 0.5) is 0 Å². The number of rotatable bonds is 3. The van der Waals surface area contributed by atoms with E-state index in [0.717, 1.165) is 32.2 Å². The van der Waals surface area contributed by atoms with Crippen LogP contribution in [0.25, 0.3) is 0 Å². The Morgan fingerprint density at radius 1 is 0.923 bits per heavy atom. The van der Waals surface area contributed by atoms with E-state index in [1.807, 2.05) is 46.0 Å². The number of hydrogen-bond acceptors (Lipinski definition) is 4. The van der Waals surface area contributed by atoms with Gasteiger partial charge in [-0.2, -0.15) is 0 Å². The van der Waals surface area contributed by atoms with Gasteiger partial charge in [0.15, 0.2) is 0 Å². The molecule has 5 heteroatoms. The number of ether oxygens (including phenoxy) is 1. The third-order valence-corrected chi connectivity index (χ3v) is 4.73. The summed E-state index contributed by atoms with van der Waals surface area (Å²) in [5.74, 6) is 0.842. The molecule has 1 spiro atoms. The normalized spacial score (nSPS) is 34.2. The Morgan fingerprint density at radius 3 is 2.00 bits per heavy atom. The maximum absolute atomic E-state index is 5.95. The second-order valence-corrected chi connectivity index (χ2v) is 7.54. The van der Waals surface area contributed by atoms with Gasteiger partial charge in [0.1, 0.15) is 5.60 Å². The van der Waals surface area contributed by atoms with Crippen molar-refractivity contribution in [3.63, 3.8) is 0 Å². The van der Waals surface area contributed by atoms with Gasteiger partial charge in [0.2, 0.25) is 5.79 Å². The molecule has 0 aromatic carbocycles. The Balaban J connectivity index is 0.000000351. The first-order valence-corrected chi connectivity index (χ1v) is 9.18. The summed E-state index contributed by atoms with van der Waals surface area (Å²) in [5, 5.41) is 3.61. The van der Waals surface area contributed by atoms with Crippen LogP contribution in [0, 0.1) is 63.7 Å². The predicted octanol–water partition coefficient (Wildman–Crippen LogP) is 3.40. The van der Waals surface area contributed by atoms with Gasteiger partial charge in [0.25, 0.3) is 0 Å². The van der Waals surface area contributed by atoms with Crippen molar-refractivity contribution in [3.05, 3.63) is 63.7 Å². The van der Waals surface area contributed by atoms with Crippen molar-refractivity contribution >= 4 is 0 Å². The molecule has 1 aliphatic heterocycles. The molecular weight excluding hydrogens is 370 g/mol. The van der Waals surface area contributed by atoms with Crippen molar-refractivity contribution in [1.82, 2.24) is 5.32 Å². The Labute approximate surface area is 170 Å². The molecule has 1 saturated heterocycles. The monoisotopic (exact) mass is 399 g/mol. The molecule has 1 heterocycles. The SMILES string of the molecule is CC1(C)COC2(CCC(NC[C]3[CH][CH][CH][CH]3)CC2)OO1.[CH]1[CH][CH][CH][CH]1.[Fe+2]. The quantitative estimate of drug-likeness (QED) is 0.584. The summed E-state index contributed by atoms with van der Waals surface area (Å²) < 4.78 is 5.95. The zero-order chi connectivity index (χ0) is 17.6. The molecule has 4 fully saturated rings. The summed E-state index contributed by atoms with van der Waals surface area (Å²) in [7, 11) is 0. The van der Waals surface area contributed by atoms with Crippen LogP contribution in [0.3, 0.4) is 0 Å². The minimum atomic E-state index is -0.506. The Kier molecular flexibility index (Phi) is 9.39. The molecule has 0 unspecified atom stereocenters. The molecule has 26 heavy (non-hydrogen) atoms. The van der Waals surface area contributed by atoms with E-state index in [4.69, 9.17) is 14.5 Å². The van der Waals surface area contributed by atoms with Gasteiger partial charge in [-0.1, -0.05) is 0 Å². The van der Waals surface area contributed by atoms with Crippen LogP contribution >= 0.6 is 0 Å². The molecule has 4 nitrogen and oxygen atoms in total. The Bertz CT molecular complexity index is 367. The van der Waals surface area contributed by atoms with Gasteiger partial charge in [-0.3, -0.25) is 0 Å². The van der Waals surface area contributed by atoms with Crippen LogP contribution in [0.2, 0.25) is 0 Å². The molecule has 1 N–H and O–H groups in total. The maximum atomic E-state index is 5.95. The largest absolute Gasteiger partial charge is 2.00 e. The van der Waals surface area contributed by atoms with E-state index in [-0.39, 0.29) is 22.7 Å². The molecule has 0 amide bonds. The molecule has 4 rings (SSSR count). The van der Waals surface area contributed by atoms with Gasteiger partial charge in [-0.05, 0) is 90.4 Å². The standard InChI is InChI=1S/C16H24NO3.C5H5.Fe/c1-15(2)12-18-16(20-19-15)9-7-14(8-10-16)17-11-13-5-3-4-6-13;1-2-4-5-3-1;/h3-6,14,17H,7-12H2,1-2H3;1-5H;/q;;+2. The Morgan fingerprint density at radius 2 is 1.50 bits per heavy atom. The van der Waals surface area contributed by atoms with E-state index in [9.17, 15) is 0 Å². The van der Waals surface area contributed by atoms with E-state index in [2.05, 4.69) is 31.0 Å².